The molecule has 2 aliphatic heterocycles. The molecule has 3 aliphatic rings. The minimum absolute atomic E-state index is 0.628. The Morgan fingerprint density at radius 2 is 1.93 bits per heavy atom. The Kier molecular flexibility index (Phi) is 2.01. The molecule has 3 fully saturated rings. The van der Waals surface area contributed by atoms with Crippen LogP contribution in [0.4, 0.5) is 0 Å². The van der Waals surface area contributed by atoms with Crippen LogP contribution in [0.2, 0.25) is 0 Å². The number of rotatable bonds is 1. The Morgan fingerprint density at radius 1 is 1.07 bits per heavy atom. The Balaban J connectivity index is 1.63. The summed E-state index contributed by atoms with van der Waals surface area (Å²) in [6.45, 7) is 4.73. The summed E-state index contributed by atoms with van der Waals surface area (Å²) in [6.07, 6.45) is 5.26. The maximum Gasteiger partial charge on any atom is 0.0990 e. The SMILES string of the molecule is N=C(C1CC1)N1CCN2CCCC2C1. The molecule has 14 heavy (non-hydrogen) atoms. The van der Waals surface area contributed by atoms with Gasteiger partial charge in [0.05, 0.1) is 5.84 Å². The Labute approximate surface area is 85.6 Å². The zero-order valence-corrected chi connectivity index (χ0v) is 8.71. The molecule has 2 saturated heterocycles. The fraction of sp³-hybridized carbons (Fsp3) is 0.909. The second kappa shape index (κ2) is 3.23. The van der Waals surface area contributed by atoms with Gasteiger partial charge in [0.15, 0.2) is 0 Å². The van der Waals surface area contributed by atoms with Gasteiger partial charge in [-0.3, -0.25) is 10.3 Å². The van der Waals surface area contributed by atoms with Gasteiger partial charge in [0.25, 0.3) is 0 Å². The van der Waals surface area contributed by atoms with Crippen molar-refractivity contribution in [3.63, 3.8) is 0 Å². The normalized spacial score (nSPS) is 33.1. The summed E-state index contributed by atoms with van der Waals surface area (Å²) in [6, 6.07) is 0.767. The molecular weight excluding hydrogens is 174 g/mol. The first-order valence-corrected chi connectivity index (χ1v) is 5.92. The first kappa shape index (κ1) is 8.72. The molecule has 0 amide bonds. The number of fused-ring (bicyclic) bond motifs is 1. The van der Waals surface area contributed by atoms with Crippen LogP contribution in [0.15, 0.2) is 0 Å². The molecule has 0 spiro atoms. The van der Waals surface area contributed by atoms with Gasteiger partial charge in [0, 0.05) is 31.6 Å². The van der Waals surface area contributed by atoms with Crippen LogP contribution in [0, 0.1) is 11.3 Å². The van der Waals surface area contributed by atoms with Gasteiger partial charge in [0.2, 0.25) is 0 Å². The van der Waals surface area contributed by atoms with E-state index in [0.29, 0.717) is 5.92 Å². The van der Waals surface area contributed by atoms with Crippen molar-refractivity contribution < 1.29 is 0 Å². The average molecular weight is 193 g/mol. The lowest BCUT2D eigenvalue weighted by Crippen LogP contribution is -2.52. The molecule has 78 valence electrons. The van der Waals surface area contributed by atoms with Gasteiger partial charge in [-0.1, -0.05) is 0 Å². The highest BCUT2D eigenvalue weighted by molar-refractivity contribution is 5.83. The highest BCUT2D eigenvalue weighted by atomic mass is 15.3. The third-order valence-electron chi connectivity index (χ3n) is 3.89. The molecule has 3 heteroatoms. The van der Waals surface area contributed by atoms with Gasteiger partial charge in [-0.2, -0.15) is 0 Å². The summed E-state index contributed by atoms with van der Waals surface area (Å²) < 4.78 is 0. The van der Waals surface area contributed by atoms with Gasteiger partial charge >= 0.3 is 0 Å². The Bertz CT molecular complexity index is 247. The minimum atomic E-state index is 0.628. The number of hydrogen-bond acceptors (Lipinski definition) is 2. The van der Waals surface area contributed by atoms with Gasteiger partial charge < -0.3 is 4.90 Å². The molecule has 3 nitrogen and oxygen atoms in total. The van der Waals surface area contributed by atoms with E-state index in [4.69, 9.17) is 5.41 Å². The predicted octanol–water partition coefficient (Wildman–Crippen LogP) is 1.15. The van der Waals surface area contributed by atoms with Crippen LogP contribution in [0.25, 0.3) is 0 Å². The molecule has 0 aromatic carbocycles. The van der Waals surface area contributed by atoms with Crippen molar-refractivity contribution in [2.75, 3.05) is 26.2 Å². The molecule has 1 saturated carbocycles. The lowest BCUT2D eigenvalue weighted by atomic mass is 10.1. The van der Waals surface area contributed by atoms with E-state index in [-0.39, 0.29) is 0 Å². The first-order chi connectivity index (χ1) is 6.84. The Morgan fingerprint density at radius 3 is 2.71 bits per heavy atom. The predicted molar refractivity (Wildman–Crippen MR) is 56.6 cm³/mol. The van der Waals surface area contributed by atoms with E-state index in [1.54, 1.807) is 0 Å². The molecule has 0 bridgehead atoms. The quantitative estimate of drug-likeness (QED) is 0.500. The van der Waals surface area contributed by atoms with Crippen molar-refractivity contribution in [1.82, 2.24) is 9.80 Å². The summed E-state index contributed by atoms with van der Waals surface area (Å²) >= 11 is 0. The van der Waals surface area contributed by atoms with Crippen molar-refractivity contribution in [3.8, 4) is 0 Å². The standard InChI is InChI=1S/C11H19N3/c12-11(9-3-4-9)14-7-6-13-5-1-2-10(13)8-14/h9-10,12H,1-8H2. The molecule has 2 heterocycles. The monoisotopic (exact) mass is 193 g/mol. The third-order valence-corrected chi connectivity index (χ3v) is 3.89. The smallest absolute Gasteiger partial charge is 0.0990 e. The number of nitrogens with one attached hydrogen (secondary N) is 1. The van der Waals surface area contributed by atoms with Crippen molar-refractivity contribution >= 4 is 5.84 Å². The van der Waals surface area contributed by atoms with Crippen LogP contribution in [-0.4, -0.2) is 47.9 Å². The average Bonchev–Trinajstić information content (AvgIpc) is 2.95. The van der Waals surface area contributed by atoms with E-state index in [0.717, 1.165) is 25.0 Å². The number of amidine groups is 1. The van der Waals surface area contributed by atoms with Gasteiger partial charge in [-0.15, -0.1) is 0 Å². The van der Waals surface area contributed by atoms with Crippen molar-refractivity contribution in [3.05, 3.63) is 0 Å². The zero-order chi connectivity index (χ0) is 9.54. The fourth-order valence-corrected chi connectivity index (χ4v) is 2.82. The molecule has 0 aromatic rings. The topological polar surface area (TPSA) is 30.3 Å². The summed E-state index contributed by atoms with van der Waals surface area (Å²) in [4.78, 5) is 4.95. The summed E-state index contributed by atoms with van der Waals surface area (Å²) in [5, 5.41) is 8.06. The van der Waals surface area contributed by atoms with Crippen molar-refractivity contribution in [2.24, 2.45) is 5.92 Å². The van der Waals surface area contributed by atoms with E-state index < -0.39 is 0 Å². The third kappa shape index (κ3) is 1.44. The van der Waals surface area contributed by atoms with Gasteiger partial charge in [-0.25, -0.2) is 0 Å². The molecule has 0 aromatic heterocycles. The van der Waals surface area contributed by atoms with Crippen LogP contribution in [0.3, 0.4) is 0 Å². The summed E-state index contributed by atoms with van der Waals surface area (Å²) in [5.41, 5.74) is 0. The van der Waals surface area contributed by atoms with Gasteiger partial charge in [0.1, 0.15) is 0 Å². The fourth-order valence-electron chi connectivity index (χ4n) is 2.82. The van der Waals surface area contributed by atoms with Gasteiger partial charge in [-0.05, 0) is 32.2 Å². The van der Waals surface area contributed by atoms with Crippen LogP contribution in [0.5, 0.6) is 0 Å². The molecule has 3 rings (SSSR count). The lowest BCUT2D eigenvalue weighted by Gasteiger charge is -2.38. The van der Waals surface area contributed by atoms with Crippen molar-refractivity contribution in [1.29, 1.82) is 5.41 Å². The van der Waals surface area contributed by atoms with Crippen LogP contribution in [0.1, 0.15) is 25.7 Å². The zero-order valence-electron chi connectivity index (χ0n) is 8.71. The maximum atomic E-state index is 8.06. The van der Waals surface area contributed by atoms with Crippen LogP contribution in [-0.2, 0) is 0 Å². The molecule has 0 radical (unpaired) electrons. The highest BCUT2D eigenvalue weighted by Gasteiger charge is 2.36. The van der Waals surface area contributed by atoms with Crippen LogP contribution >= 0.6 is 0 Å². The second-order valence-electron chi connectivity index (χ2n) is 4.94. The van der Waals surface area contributed by atoms with Crippen LogP contribution < -0.4 is 0 Å². The number of hydrogen-bond donors (Lipinski definition) is 1. The summed E-state index contributed by atoms with van der Waals surface area (Å²) in [7, 11) is 0. The van der Waals surface area contributed by atoms with E-state index in [9.17, 15) is 0 Å². The van der Waals surface area contributed by atoms with Crippen molar-refractivity contribution in [2.45, 2.75) is 31.7 Å². The molecule has 1 atom stereocenters. The second-order valence-corrected chi connectivity index (χ2v) is 4.94. The maximum absolute atomic E-state index is 8.06. The summed E-state index contributed by atoms with van der Waals surface area (Å²) in [5.74, 6) is 1.57. The molecule has 1 unspecified atom stereocenters. The van der Waals surface area contributed by atoms with E-state index >= 15 is 0 Å². The largest absolute Gasteiger partial charge is 0.357 e. The number of nitrogens with zero attached hydrogens (tertiary/aromatic N) is 2. The number of piperazine rings is 1. The molecule has 1 N–H and O–H groups in total. The first-order valence-electron chi connectivity index (χ1n) is 5.92. The Hall–Kier alpha value is -0.570. The lowest BCUT2D eigenvalue weighted by molar-refractivity contribution is 0.149. The molecule has 1 aliphatic carbocycles. The minimum Gasteiger partial charge on any atom is -0.357 e. The van der Waals surface area contributed by atoms with E-state index in [2.05, 4.69) is 9.80 Å². The van der Waals surface area contributed by atoms with E-state index in [1.165, 1.54) is 38.8 Å². The highest BCUT2D eigenvalue weighted by Crippen LogP contribution is 2.32. The molecular formula is C11H19N3. The van der Waals surface area contributed by atoms with E-state index in [1.807, 2.05) is 0 Å².